The van der Waals surface area contributed by atoms with Crippen molar-refractivity contribution >= 4 is 11.8 Å². The fourth-order valence-corrected chi connectivity index (χ4v) is 5.84. The predicted molar refractivity (Wildman–Crippen MR) is 115 cm³/mol. The molecule has 2 N–H and O–H groups in total. The SMILES string of the molecule is CCC1[C@H]2C[C@H]2C(C)[C@@H]2Cn3cc(C(=O)NCc4c(F)cc(F)cc4F)c(=O)c(O)c3C(=O)N12. The maximum absolute atomic E-state index is 13.9. The molecule has 2 unspecified atom stereocenters. The Labute approximate surface area is 193 Å². The highest BCUT2D eigenvalue weighted by Gasteiger charge is 2.58. The number of hydrogen-bond donors (Lipinski definition) is 2. The van der Waals surface area contributed by atoms with E-state index < -0.39 is 58.1 Å². The van der Waals surface area contributed by atoms with Crippen molar-refractivity contribution in [3.8, 4) is 5.75 Å². The van der Waals surface area contributed by atoms with E-state index >= 15 is 0 Å². The number of nitrogens with one attached hydrogen (secondary N) is 1. The molecule has 7 nitrogen and oxygen atoms in total. The zero-order chi connectivity index (χ0) is 24.5. The van der Waals surface area contributed by atoms with Gasteiger partial charge in [0, 0.05) is 43.0 Å². The number of halogens is 3. The monoisotopic (exact) mass is 475 g/mol. The molecule has 2 aromatic rings. The number of rotatable bonds is 4. The number of aromatic nitrogens is 1. The molecular formula is C24H24F3N3O4. The number of aromatic hydroxyl groups is 1. The first kappa shape index (κ1) is 22.5. The van der Waals surface area contributed by atoms with Crippen molar-refractivity contribution in [2.24, 2.45) is 17.8 Å². The summed E-state index contributed by atoms with van der Waals surface area (Å²) in [7, 11) is 0. The number of carbonyl (C=O) groups excluding carboxylic acids is 2. The second-order valence-corrected chi connectivity index (χ2v) is 9.43. The molecule has 0 spiro atoms. The van der Waals surface area contributed by atoms with Crippen molar-refractivity contribution < 1.29 is 27.9 Å². The van der Waals surface area contributed by atoms with Gasteiger partial charge in [-0.1, -0.05) is 13.8 Å². The third-order valence-corrected chi connectivity index (χ3v) is 7.65. The number of benzene rings is 1. The number of nitrogens with zero attached hydrogens (tertiary/aromatic N) is 2. The Balaban J connectivity index is 1.46. The number of amides is 2. The van der Waals surface area contributed by atoms with E-state index in [9.17, 15) is 32.7 Å². The summed E-state index contributed by atoms with van der Waals surface area (Å²) in [6.07, 6.45) is 3.04. The summed E-state index contributed by atoms with van der Waals surface area (Å²) < 4.78 is 42.3. The summed E-state index contributed by atoms with van der Waals surface area (Å²) in [6.45, 7) is 3.79. The Bertz CT molecular complexity index is 1250. The Kier molecular flexibility index (Phi) is 5.22. The highest BCUT2D eigenvalue weighted by molar-refractivity contribution is 5.99. The van der Waals surface area contributed by atoms with Crippen LogP contribution in [0, 0.1) is 35.2 Å². The van der Waals surface area contributed by atoms with Crippen molar-refractivity contribution in [2.75, 3.05) is 0 Å². The fraction of sp³-hybridized carbons (Fsp3) is 0.458. The van der Waals surface area contributed by atoms with Crippen LogP contribution in [-0.2, 0) is 13.1 Å². The van der Waals surface area contributed by atoms with Gasteiger partial charge in [0.15, 0.2) is 11.4 Å². The van der Waals surface area contributed by atoms with E-state index in [-0.39, 0.29) is 23.7 Å². The second kappa shape index (κ2) is 7.89. The molecule has 1 aliphatic carbocycles. The summed E-state index contributed by atoms with van der Waals surface area (Å²) in [5.41, 5.74) is -2.22. The maximum Gasteiger partial charge on any atom is 0.275 e. The van der Waals surface area contributed by atoms with Crippen LogP contribution in [0.1, 0.15) is 53.1 Å². The van der Waals surface area contributed by atoms with Crippen molar-refractivity contribution in [3.63, 3.8) is 0 Å². The summed E-state index contributed by atoms with van der Waals surface area (Å²) in [4.78, 5) is 40.7. The van der Waals surface area contributed by atoms with Crippen LogP contribution in [0.3, 0.4) is 0 Å². The van der Waals surface area contributed by atoms with Gasteiger partial charge in [-0.05, 0) is 30.6 Å². The minimum atomic E-state index is -1.18. The van der Waals surface area contributed by atoms with Gasteiger partial charge in [0.05, 0.1) is 6.04 Å². The Morgan fingerprint density at radius 2 is 1.85 bits per heavy atom. The van der Waals surface area contributed by atoms with Crippen molar-refractivity contribution in [1.82, 2.24) is 14.8 Å². The van der Waals surface area contributed by atoms with Crippen molar-refractivity contribution in [3.05, 3.63) is 62.8 Å². The standard InChI is InChI=1S/C24H24F3N3O4/c1-3-18-13-6-12(13)10(2)19-9-29-8-15(21(31)22(32)20(29)24(34)30(18)19)23(33)28-7-14-16(26)4-11(25)5-17(14)27/h4-5,8,10,12-13,18-19,32H,3,6-7,9H2,1-2H3,(H,28,33)/t10?,12-,13-,18?,19-/m0/s1. The molecule has 2 aliphatic heterocycles. The molecule has 1 aromatic carbocycles. The van der Waals surface area contributed by atoms with E-state index in [1.54, 1.807) is 4.90 Å². The minimum Gasteiger partial charge on any atom is -0.503 e. The summed E-state index contributed by atoms with van der Waals surface area (Å²) in [5, 5.41) is 12.9. The van der Waals surface area contributed by atoms with E-state index in [1.807, 2.05) is 6.92 Å². The van der Waals surface area contributed by atoms with Crippen molar-refractivity contribution in [2.45, 2.75) is 51.9 Å². The van der Waals surface area contributed by atoms with Crippen LogP contribution >= 0.6 is 0 Å². The Morgan fingerprint density at radius 3 is 2.50 bits per heavy atom. The lowest BCUT2D eigenvalue weighted by atomic mass is 9.83. The van der Waals surface area contributed by atoms with Crippen LogP contribution in [0.15, 0.2) is 23.1 Å². The molecule has 10 heteroatoms. The maximum atomic E-state index is 13.9. The molecule has 0 radical (unpaired) electrons. The normalized spacial score (nSPS) is 27.0. The van der Waals surface area contributed by atoms with Gasteiger partial charge in [0.2, 0.25) is 5.43 Å². The average molecular weight is 475 g/mol. The lowest BCUT2D eigenvalue weighted by Gasteiger charge is -2.48. The molecule has 1 aromatic heterocycles. The lowest BCUT2D eigenvalue weighted by molar-refractivity contribution is 0.0108. The van der Waals surface area contributed by atoms with Gasteiger partial charge in [0.25, 0.3) is 11.8 Å². The number of pyridine rings is 1. The molecule has 2 amide bonds. The van der Waals surface area contributed by atoms with Gasteiger partial charge in [0.1, 0.15) is 23.0 Å². The first-order valence-electron chi connectivity index (χ1n) is 11.3. The van der Waals surface area contributed by atoms with Crippen LogP contribution in [0.5, 0.6) is 5.75 Å². The van der Waals surface area contributed by atoms with Gasteiger partial charge in [-0.3, -0.25) is 14.4 Å². The molecule has 1 saturated carbocycles. The highest BCUT2D eigenvalue weighted by atomic mass is 19.1. The summed E-state index contributed by atoms with van der Waals surface area (Å²) in [5.74, 6) is -4.50. The minimum absolute atomic E-state index is 0.0467. The average Bonchev–Trinajstić information content (AvgIpc) is 3.57. The first-order chi connectivity index (χ1) is 16.1. The topological polar surface area (TPSA) is 91.6 Å². The van der Waals surface area contributed by atoms with E-state index in [0.29, 0.717) is 30.5 Å². The molecule has 180 valence electrons. The van der Waals surface area contributed by atoms with E-state index in [4.69, 9.17) is 0 Å². The third-order valence-electron chi connectivity index (χ3n) is 7.65. The zero-order valence-electron chi connectivity index (χ0n) is 18.6. The van der Waals surface area contributed by atoms with Crippen LogP contribution in [0.25, 0.3) is 0 Å². The molecule has 5 rings (SSSR count). The molecule has 3 heterocycles. The number of piperidine rings is 1. The van der Waals surface area contributed by atoms with Crippen LogP contribution in [-0.4, -0.2) is 38.5 Å². The number of carbonyl (C=O) groups is 2. The summed E-state index contributed by atoms with van der Waals surface area (Å²) in [6, 6.07) is 0.890. The fourth-order valence-electron chi connectivity index (χ4n) is 5.84. The predicted octanol–water partition coefficient (Wildman–Crippen LogP) is 2.79. The number of hydrogen-bond acceptors (Lipinski definition) is 4. The first-order valence-corrected chi connectivity index (χ1v) is 11.3. The van der Waals surface area contributed by atoms with Gasteiger partial charge in [-0.25, -0.2) is 13.2 Å². The van der Waals surface area contributed by atoms with E-state index in [2.05, 4.69) is 12.2 Å². The molecule has 2 fully saturated rings. The summed E-state index contributed by atoms with van der Waals surface area (Å²) >= 11 is 0. The molecular weight excluding hydrogens is 451 g/mol. The highest BCUT2D eigenvalue weighted by Crippen LogP contribution is 2.56. The largest absolute Gasteiger partial charge is 0.503 e. The molecule has 0 bridgehead atoms. The second-order valence-electron chi connectivity index (χ2n) is 9.43. The van der Waals surface area contributed by atoms with Gasteiger partial charge in [-0.2, -0.15) is 0 Å². The Hall–Kier alpha value is -3.30. The van der Waals surface area contributed by atoms with Crippen LogP contribution < -0.4 is 10.7 Å². The van der Waals surface area contributed by atoms with Crippen molar-refractivity contribution in [1.29, 1.82) is 0 Å². The van der Waals surface area contributed by atoms with Crippen LogP contribution in [0.2, 0.25) is 0 Å². The molecule has 1 saturated heterocycles. The molecule has 5 atom stereocenters. The van der Waals surface area contributed by atoms with E-state index in [1.165, 1.54) is 10.8 Å². The van der Waals surface area contributed by atoms with E-state index in [0.717, 1.165) is 12.8 Å². The third kappa shape index (κ3) is 3.30. The van der Waals surface area contributed by atoms with Gasteiger partial charge in [-0.15, -0.1) is 0 Å². The number of fused-ring (bicyclic) bond motifs is 3. The Morgan fingerprint density at radius 1 is 1.18 bits per heavy atom. The van der Waals surface area contributed by atoms with Gasteiger partial charge >= 0.3 is 0 Å². The lowest BCUT2D eigenvalue weighted by Crippen LogP contribution is -2.59. The van der Waals surface area contributed by atoms with Crippen LogP contribution in [0.4, 0.5) is 13.2 Å². The quantitative estimate of drug-likeness (QED) is 0.712. The molecule has 3 aliphatic rings. The molecule has 34 heavy (non-hydrogen) atoms. The zero-order valence-corrected chi connectivity index (χ0v) is 18.6. The van der Waals surface area contributed by atoms with Gasteiger partial charge < -0.3 is 19.9 Å². The smallest absolute Gasteiger partial charge is 0.275 e.